The molecule has 0 radical (unpaired) electrons. The van der Waals surface area contributed by atoms with Gasteiger partial charge in [0.15, 0.2) is 0 Å². The lowest BCUT2D eigenvalue weighted by molar-refractivity contribution is 0.355. The number of benzene rings is 1. The number of sulfonamides is 1. The molecule has 182 valence electrons. The Labute approximate surface area is 200 Å². The highest BCUT2D eigenvalue weighted by molar-refractivity contribution is 7.92. The molecule has 1 aromatic carbocycles. The van der Waals surface area contributed by atoms with E-state index in [-0.39, 0.29) is 17.8 Å². The molecular weight excluding hydrogens is 452 g/mol. The maximum Gasteiger partial charge on any atom is 0.248 e. The average molecular weight is 485 g/mol. The van der Waals surface area contributed by atoms with E-state index >= 15 is 0 Å². The fourth-order valence-corrected chi connectivity index (χ4v) is 4.53. The van der Waals surface area contributed by atoms with Gasteiger partial charge in [-0.05, 0) is 56.2 Å². The van der Waals surface area contributed by atoms with E-state index in [0.29, 0.717) is 35.5 Å². The van der Waals surface area contributed by atoms with Gasteiger partial charge in [-0.15, -0.1) is 10.2 Å². The quantitative estimate of drug-likeness (QED) is 0.473. The molecule has 1 saturated carbocycles. The summed E-state index contributed by atoms with van der Waals surface area (Å²) in [6, 6.07) is 13.5. The number of aromatic nitrogens is 3. The lowest BCUT2D eigenvalue weighted by Crippen LogP contribution is -2.35. The predicted octanol–water partition coefficient (Wildman–Crippen LogP) is 3.40. The topological polar surface area (TPSA) is 127 Å². The molecule has 0 saturated heterocycles. The second-order valence-electron chi connectivity index (χ2n) is 9.63. The fourth-order valence-electron chi connectivity index (χ4n) is 4.10. The molecular formula is C24H32N6O3S. The van der Waals surface area contributed by atoms with Crippen molar-refractivity contribution in [2.45, 2.75) is 45.2 Å². The van der Waals surface area contributed by atoms with Crippen molar-refractivity contribution in [2.75, 3.05) is 22.9 Å². The molecule has 3 N–H and O–H groups in total. The monoisotopic (exact) mass is 484 g/mol. The van der Waals surface area contributed by atoms with E-state index in [1.54, 1.807) is 12.1 Å². The molecule has 1 aliphatic carbocycles. The molecule has 34 heavy (non-hydrogen) atoms. The van der Waals surface area contributed by atoms with Crippen LogP contribution >= 0.6 is 0 Å². The molecule has 0 amide bonds. The highest BCUT2D eigenvalue weighted by Crippen LogP contribution is 2.41. The first kappa shape index (κ1) is 24.2. The Morgan fingerprint density at radius 1 is 1.26 bits per heavy atom. The fraction of sp³-hybridized carbons (Fsp3) is 0.458. The maximum atomic E-state index is 12.2. The van der Waals surface area contributed by atoms with Crippen LogP contribution in [0, 0.1) is 11.8 Å². The first-order valence-corrected chi connectivity index (χ1v) is 13.2. The van der Waals surface area contributed by atoms with E-state index in [1.807, 2.05) is 37.3 Å². The summed E-state index contributed by atoms with van der Waals surface area (Å²) in [6.07, 6.45) is 2.82. The maximum absolute atomic E-state index is 12.2. The summed E-state index contributed by atoms with van der Waals surface area (Å²) in [4.78, 5) is 4.53. The zero-order valence-corrected chi connectivity index (χ0v) is 21.0. The van der Waals surface area contributed by atoms with Crippen molar-refractivity contribution in [3.8, 4) is 11.5 Å². The minimum atomic E-state index is -3.51. The molecule has 0 spiro atoms. The molecule has 0 bridgehead atoms. The van der Waals surface area contributed by atoms with E-state index in [4.69, 9.17) is 10.2 Å². The number of nitrogens with one attached hydrogen (secondary N) is 1. The van der Waals surface area contributed by atoms with Gasteiger partial charge >= 0.3 is 0 Å². The van der Waals surface area contributed by atoms with E-state index in [1.165, 1.54) is 7.05 Å². The molecule has 2 heterocycles. The number of nitrogens with two attached hydrogens (primary N) is 1. The molecule has 4 rings (SSSR count). The molecule has 1 unspecified atom stereocenters. The average Bonchev–Trinajstić information content (AvgIpc) is 3.29. The van der Waals surface area contributed by atoms with Crippen LogP contribution < -0.4 is 15.4 Å². The van der Waals surface area contributed by atoms with E-state index < -0.39 is 15.6 Å². The van der Waals surface area contributed by atoms with E-state index in [9.17, 15) is 8.42 Å². The molecule has 10 heteroatoms. The molecule has 9 nitrogen and oxygen atoms in total. The van der Waals surface area contributed by atoms with E-state index in [2.05, 4.69) is 34.3 Å². The van der Waals surface area contributed by atoms with Gasteiger partial charge in [-0.2, -0.15) is 0 Å². The van der Waals surface area contributed by atoms with Crippen molar-refractivity contribution in [1.82, 2.24) is 15.2 Å². The molecule has 4 atom stereocenters. The Bertz CT molecular complexity index is 1260. The van der Waals surface area contributed by atoms with Gasteiger partial charge in [0.2, 0.25) is 21.8 Å². The van der Waals surface area contributed by atoms with Crippen LogP contribution in [0.2, 0.25) is 0 Å². The standard InChI is InChI=1S/C24H32N6O3S/c1-15-11-19(15)16(2)26-20-12-18(13-21(27-20)30(4)34(5,31)32)22-28-29-23(33-22)24(3,25)14-17-9-7-6-8-10-17/h6-10,12-13,15-16,19H,11,14,25H2,1-5H3,(H,26,27)/t15-,16?,19-,24+/m0/s1. The first-order valence-electron chi connectivity index (χ1n) is 11.3. The van der Waals surface area contributed by atoms with Crippen LogP contribution in [0.15, 0.2) is 46.9 Å². The summed E-state index contributed by atoms with van der Waals surface area (Å²) in [5.41, 5.74) is 7.29. The molecule has 0 aliphatic heterocycles. The number of rotatable bonds is 9. The second-order valence-corrected chi connectivity index (χ2v) is 11.6. The third-order valence-corrected chi connectivity index (χ3v) is 7.58. The Hall–Kier alpha value is -2.98. The summed E-state index contributed by atoms with van der Waals surface area (Å²) in [7, 11) is -2.04. The van der Waals surface area contributed by atoms with Crippen molar-refractivity contribution >= 4 is 21.7 Å². The summed E-state index contributed by atoms with van der Waals surface area (Å²) >= 11 is 0. The van der Waals surface area contributed by atoms with Crippen molar-refractivity contribution in [1.29, 1.82) is 0 Å². The minimum Gasteiger partial charge on any atom is -0.419 e. The summed E-state index contributed by atoms with van der Waals surface area (Å²) in [5.74, 6) is 2.59. The van der Waals surface area contributed by atoms with Crippen molar-refractivity contribution in [3.05, 3.63) is 53.9 Å². The number of anilines is 2. The molecule has 1 aliphatic rings. The van der Waals surface area contributed by atoms with Gasteiger partial charge in [0.25, 0.3) is 0 Å². The van der Waals surface area contributed by atoms with Crippen molar-refractivity contribution < 1.29 is 12.8 Å². The van der Waals surface area contributed by atoms with Crippen LogP contribution in [0.5, 0.6) is 0 Å². The number of pyridine rings is 1. The van der Waals surface area contributed by atoms with Gasteiger partial charge in [0, 0.05) is 18.7 Å². The van der Waals surface area contributed by atoms with Gasteiger partial charge in [-0.1, -0.05) is 37.3 Å². The van der Waals surface area contributed by atoms with Crippen LogP contribution in [0.4, 0.5) is 11.6 Å². The first-order chi connectivity index (χ1) is 15.9. The minimum absolute atomic E-state index is 0.200. The number of hydrogen-bond acceptors (Lipinski definition) is 8. The SMILES string of the molecule is CC(Nc1cc(-c2nnc([C@](C)(N)Cc3ccccc3)o2)cc(N(C)S(C)(=O)=O)n1)[C@H]1C[C@@H]1C. The normalized spacial score (nSPS) is 20.4. The van der Waals surface area contributed by atoms with Gasteiger partial charge in [0.1, 0.15) is 11.6 Å². The lowest BCUT2D eigenvalue weighted by atomic mass is 9.94. The third-order valence-electron chi connectivity index (χ3n) is 6.40. The largest absolute Gasteiger partial charge is 0.419 e. The Balaban J connectivity index is 1.66. The zero-order valence-electron chi connectivity index (χ0n) is 20.2. The highest BCUT2D eigenvalue weighted by Gasteiger charge is 2.37. The third kappa shape index (κ3) is 5.39. The van der Waals surface area contributed by atoms with Gasteiger partial charge in [-0.3, -0.25) is 4.31 Å². The van der Waals surface area contributed by atoms with Crippen LogP contribution in [0.25, 0.3) is 11.5 Å². The summed E-state index contributed by atoms with van der Waals surface area (Å²) in [6.45, 7) is 6.17. The van der Waals surface area contributed by atoms with Crippen LogP contribution in [0.3, 0.4) is 0 Å². The highest BCUT2D eigenvalue weighted by atomic mass is 32.2. The van der Waals surface area contributed by atoms with Gasteiger partial charge in [-0.25, -0.2) is 13.4 Å². The second kappa shape index (κ2) is 8.99. The van der Waals surface area contributed by atoms with Crippen molar-refractivity contribution in [3.63, 3.8) is 0 Å². The Kier molecular flexibility index (Phi) is 6.39. The summed E-state index contributed by atoms with van der Waals surface area (Å²) in [5, 5.41) is 11.8. The number of hydrogen-bond donors (Lipinski definition) is 2. The summed E-state index contributed by atoms with van der Waals surface area (Å²) < 4.78 is 31.5. The Morgan fingerprint density at radius 2 is 1.94 bits per heavy atom. The smallest absolute Gasteiger partial charge is 0.248 e. The molecule has 2 aromatic heterocycles. The number of nitrogens with zero attached hydrogens (tertiary/aromatic N) is 4. The zero-order chi connectivity index (χ0) is 24.7. The molecule has 1 fully saturated rings. The van der Waals surface area contributed by atoms with Crippen LogP contribution in [-0.4, -0.2) is 42.9 Å². The predicted molar refractivity (Wildman–Crippen MR) is 133 cm³/mol. The van der Waals surface area contributed by atoms with Crippen molar-refractivity contribution in [2.24, 2.45) is 17.6 Å². The Morgan fingerprint density at radius 3 is 2.56 bits per heavy atom. The molecule has 3 aromatic rings. The van der Waals surface area contributed by atoms with E-state index in [0.717, 1.165) is 22.5 Å². The van der Waals surface area contributed by atoms with Crippen LogP contribution in [0.1, 0.15) is 38.6 Å². The lowest BCUT2D eigenvalue weighted by Gasteiger charge is -2.20. The van der Waals surface area contributed by atoms with Crippen LogP contribution in [-0.2, 0) is 22.0 Å². The van der Waals surface area contributed by atoms with Gasteiger partial charge in [0.05, 0.1) is 11.8 Å². The van der Waals surface area contributed by atoms with Gasteiger partial charge < -0.3 is 15.5 Å².